The van der Waals surface area contributed by atoms with Crippen LogP contribution in [0.5, 0.6) is 0 Å². The summed E-state index contributed by atoms with van der Waals surface area (Å²) in [6.07, 6.45) is 6.20. The van der Waals surface area contributed by atoms with Gasteiger partial charge in [0.1, 0.15) is 11.5 Å². The highest BCUT2D eigenvalue weighted by atomic mass is 19.1. The number of aliphatic imine (C=N–C) groups is 1. The number of guanidine groups is 1. The molecule has 2 aliphatic rings. The maximum Gasteiger partial charge on any atom is 0.274 e. The first-order chi connectivity index (χ1) is 16.4. The molecule has 34 heavy (non-hydrogen) atoms. The van der Waals surface area contributed by atoms with E-state index < -0.39 is 11.7 Å². The third kappa shape index (κ3) is 4.56. The Hall–Kier alpha value is -3.59. The summed E-state index contributed by atoms with van der Waals surface area (Å²) >= 11 is 0. The van der Waals surface area contributed by atoms with Crippen molar-refractivity contribution >= 4 is 23.8 Å². The topological polar surface area (TPSA) is 119 Å². The molecule has 8 nitrogen and oxygen atoms in total. The summed E-state index contributed by atoms with van der Waals surface area (Å²) in [5.41, 5.74) is 9.82. The van der Waals surface area contributed by atoms with Crippen molar-refractivity contribution in [1.29, 1.82) is 5.41 Å². The minimum Gasteiger partial charge on any atom is -0.370 e. The third-order valence-electron chi connectivity index (χ3n) is 6.80. The zero-order chi connectivity index (χ0) is 24.3. The molecule has 1 amide bonds. The molecule has 2 atom stereocenters. The zero-order valence-corrected chi connectivity index (χ0v) is 19.4. The lowest BCUT2D eigenvalue weighted by Gasteiger charge is -2.49. The van der Waals surface area contributed by atoms with Gasteiger partial charge in [-0.25, -0.2) is 9.37 Å². The number of nitrogens with two attached hydrogens (primary N) is 1. The number of amides is 1. The number of pyridine rings is 1. The molecule has 0 spiro atoms. The first-order valence-electron chi connectivity index (χ1n) is 11.3. The first kappa shape index (κ1) is 23.6. The second kappa shape index (κ2) is 9.72. The largest absolute Gasteiger partial charge is 0.370 e. The number of rotatable bonds is 7. The van der Waals surface area contributed by atoms with Crippen LogP contribution in [0.25, 0.3) is 0 Å². The predicted octanol–water partition coefficient (Wildman–Crippen LogP) is 2.68. The number of hydrogen-bond acceptors (Lipinski definition) is 5. The van der Waals surface area contributed by atoms with Crippen LogP contribution in [0.3, 0.4) is 0 Å². The Morgan fingerprint density at radius 2 is 2.24 bits per heavy atom. The van der Waals surface area contributed by atoms with Crippen LogP contribution in [-0.4, -0.2) is 54.6 Å². The van der Waals surface area contributed by atoms with Crippen molar-refractivity contribution in [3.63, 3.8) is 0 Å². The summed E-state index contributed by atoms with van der Waals surface area (Å²) in [4.78, 5) is 23.0. The van der Waals surface area contributed by atoms with E-state index in [0.29, 0.717) is 11.6 Å². The molecule has 1 saturated heterocycles. The van der Waals surface area contributed by atoms with Gasteiger partial charge in [-0.2, -0.15) is 0 Å². The van der Waals surface area contributed by atoms with E-state index in [-0.39, 0.29) is 17.2 Å². The Morgan fingerprint density at radius 3 is 2.91 bits per heavy atom. The monoisotopic (exact) mass is 463 g/mol. The molecule has 2 aromatic rings. The fourth-order valence-electron chi connectivity index (χ4n) is 4.94. The van der Waals surface area contributed by atoms with Gasteiger partial charge in [-0.3, -0.25) is 14.7 Å². The zero-order valence-electron chi connectivity index (χ0n) is 19.4. The molecule has 1 aliphatic heterocycles. The molecule has 0 bridgehead atoms. The predicted molar refractivity (Wildman–Crippen MR) is 132 cm³/mol. The lowest BCUT2D eigenvalue weighted by Crippen LogP contribution is -2.60. The van der Waals surface area contributed by atoms with Gasteiger partial charge in [0.15, 0.2) is 5.96 Å². The molecule has 2 heterocycles. The van der Waals surface area contributed by atoms with Gasteiger partial charge < -0.3 is 21.8 Å². The van der Waals surface area contributed by atoms with Crippen LogP contribution >= 0.6 is 0 Å². The van der Waals surface area contributed by atoms with Gasteiger partial charge in [0.05, 0.1) is 11.7 Å². The van der Waals surface area contributed by atoms with Gasteiger partial charge in [-0.1, -0.05) is 12.1 Å². The van der Waals surface area contributed by atoms with Crippen LogP contribution < -0.4 is 16.4 Å². The van der Waals surface area contributed by atoms with Crippen LogP contribution in [0.2, 0.25) is 0 Å². The second-order valence-corrected chi connectivity index (χ2v) is 8.80. The Bertz CT molecular complexity index is 1140. The summed E-state index contributed by atoms with van der Waals surface area (Å²) < 4.78 is 13.1. The van der Waals surface area contributed by atoms with Crippen LogP contribution in [-0.2, 0) is 12.0 Å². The minimum absolute atomic E-state index is 0.147. The van der Waals surface area contributed by atoms with E-state index in [1.807, 2.05) is 31.2 Å². The number of aromatic nitrogens is 1. The lowest BCUT2D eigenvalue weighted by molar-refractivity contribution is 0.102. The van der Waals surface area contributed by atoms with Crippen molar-refractivity contribution in [3.8, 4) is 0 Å². The number of halogens is 1. The smallest absolute Gasteiger partial charge is 0.274 e. The van der Waals surface area contributed by atoms with E-state index in [4.69, 9.17) is 11.1 Å². The molecule has 1 aliphatic carbocycles. The van der Waals surface area contributed by atoms with E-state index in [2.05, 4.69) is 25.5 Å². The number of anilines is 1. The van der Waals surface area contributed by atoms with Crippen LogP contribution in [0.1, 0.15) is 35.0 Å². The van der Waals surface area contributed by atoms with Crippen molar-refractivity contribution < 1.29 is 9.18 Å². The van der Waals surface area contributed by atoms with Gasteiger partial charge in [-0.15, -0.1) is 0 Å². The molecule has 1 fully saturated rings. The van der Waals surface area contributed by atoms with Crippen molar-refractivity contribution in [3.05, 3.63) is 70.8 Å². The summed E-state index contributed by atoms with van der Waals surface area (Å²) in [6.45, 7) is 4.50. The quantitative estimate of drug-likeness (QED) is 0.372. The van der Waals surface area contributed by atoms with Crippen LogP contribution in [0.4, 0.5) is 10.1 Å². The van der Waals surface area contributed by atoms with Crippen LogP contribution in [0.15, 0.2) is 53.2 Å². The Labute approximate surface area is 198 Å². The molecule has 1 aromatic heterocycles. The molecule has 0 unspecified atom stereocenters. The van der Waals surface area contributed by atoms with E-state index in [9.17, 15) is 9.18 Å². The average Bonchev–Trinajstić information content (AvgIpc) is 3.30. The highest BCUT2D eigenvalue weighted by molar-refractivity contribution is 6.03. The number of carbonyl (C=O) groups excluding carboxylic acids is 1. The Morgan fingerprint density at radius 1 is 1.41 bits per heavy atom. The van der Waals surface area contributed by atoms with E-state index in [0.717, 1.165) is 49.8 Å². The minimum atomic E-state index is -0.489. The highest BCUT2D eigenvalue weighted by Crippen LogP contribution is 2.48. The summed E-state index contributed by atoms with van der Waals surface area (Å²) in [7, 11) is 1.66. The normalized spacial score (nSPS) is 22.6. The molecule has 5 N–H and O–H groups in total. The molecule has 0 saturated carbocycles. The van der Waals surface area contributed by atoms with Gasteiger partial charge in [0.2, 0.25) is 0 Å². The summed E-state index contributed by atoms with van der Waals surface area (Å²) in [5.74, 6) is -0.224. The van der Waals surface area contributed by atoms with Crippen molar-refractivity contribution in [2.45, 2.75) is 25.3 Å². The fourth-order valence-corrected chi connectivity index (χ4v) is 4.94. The lowest BCUT2D eigenvalue weighted by atomic mass is 9.63. The van der Waals surface area contributed by atoms with Gasteiger partial charge in [-0.05, 0) is 60.9 Å². The van der Waals surface area contributed by atoms with Gasteiger partial charge in [0, 0.05) is 44.4 Å². The molecular formula is C25H30FN7O. The van der Waals surface area contributed by atoms with Gasteiger partial charge >= 0.3 is 0 Å². The number of nitrogens with one attached hydrogen (secondary N) is 3. The highest BCUT2D eigenvalue weighted by Gasteiger charge is 2.51. The summed E-state index contributed by atoms with van der Waals surface area (Å²) in [5, 5.41) is 13.9. The Kier molecular flexibility index (Phi) is 6.74. The number of likely N-dealkylation sites (tertiary alicyclic amines) is 1. The molecule has 0 radical (unpaired) electrons. The van der Waals surface area contributed by atoms with E-state index >= 15 is 0 Å². The van der Waals surface area contributed by atoms with Crippen molar-refractivity contribution in [2.24, 2.45) is 16.6 Å². The van der Waals surface area contributed by atoms with E-state index in [1.165, 1.54) is 23.9 Å². The SMILES string of the molecule is C/C=C(\C=N)CN1CC[C@H]([C@@]2(NC(N)=NC)Cc3ccc(NC(=O)c4ccc(F)cn4)cc32)C1. The van der Waals surface area contributed by atoms with Crippen molar-refractivity contribution in [2.75, 3.05) is 32.0 Å². The standard InChI is InChI=1S/C25H30FN7O/c1-3-16(12-27)14-33-9-8-18(15-33)25(32-24(28)29-2)11-17-4-6-20(10-21(17)25)31-23(34)22-7-5-19(26)13-30-22/h3-7,10,12-13,18,27H,8-9,11,14-15H2,1-2H3,(H,31,34)(H3,28,29,32)/b16-3+,27-12?/t18-,25-/m0/s1. The number of hydrogen-bond donors (Lipinski definition) is 4. The number of allylic oxidation sites excluding steroid dienone is 1. The van der Waals surface area contributed by atoms with Gasteiger partial charge in [0.25, 0.3) is 5.91 Å². The third-order valence-corrected chi connectivity index (χ3v) is 6.80. The molecule has 9 heteroatoms. The maximum absolute atomic E-state index is 13.1. The first-order valence-corrected chi connectivity index (χ1v) is 11.3. The number of benzene rings is 1. The molecule has 178 valence electrons. The average molecular weight is 464 g/mol. The van der Waals surface area contributed by atoms with Crippen molar-refractivity contribution in [1.82, 2.24) is 15.2 Å². The van der Waals surface area contributed by atoms with Crippen LogP contribution in [0, 0.1) is 17.1 Å². The number of carbonyl (C=O) groups is 1. The Balaban J connectivity index is 1.57. The molecular weight excluding hydrogens is 433 g/mol. The maximum atomic E-state index is 13.1. The second-order valence-electron chi connectivity index (χ2n) is 8.80. The molecule has 4 rings (SSSR count). The fraction of sp³-hybridized carbons (Fsp3) is 0.360. The number of nitrogens with zero attached hydrogens (tertiary/aromatic N) is 3. The number of fused-ring (bicyclic) bond motifs is 1. The summed E-state index contributed by atoms with van der Waals surface area (Å²) in [6, 6.07) is 8.43. The van der Waals surface area contributed by atoms with E-state index in [1.54, 1.807) is 7.05 Å². The molecule has 1 aromatic carbocycles.